The van der Waals surface area contributed by atoms with Crippen molar-refractivity contribution in [1.29, 1.82) is 0 Å². The molecule has 0 saturated carbocycles. The van der Waals surface area contributed by atoms with E-state index in [0.29, 0.717) is 24.3 Å². The zero-order valence-corrected chi connectivity index (χ0v) is 18.5. The second-order valence-electron chi connectivity index (χ2n) is 8.94. The largest absolute Gasteiger partial charge is 0.465 e. The summed E-state index contributed by atoms with van der Waals surface area (Å²) in [6, 6.07) is 17.5. The van der Waals surface area contributed by atoms with E-state index in [1.807, 2.05) is 42.5 Å². The van der Waals surface area contributed by atoms with Crippen LogP contribution in [0, 0.1) is 5.92 Å². The Hall–Kier alpha value is -2.99. The van der Waals surface area contributed by atoms with E-state index in [0.717, 1.165) is 44.5 Å². The average Bonchev–Trinajstić information content (AvgIpc) is 2.83. The summed E-state index contributed by atoms with van der Waals surface area (Å²) in [5.41, 5.74) is 2.12. The van der Waals surface area contributed by atoms with E-state index in [9.17, 15) is 14.4 Å². The van der Waals surface area contributed by atoms with Gasteiger partial charge in [0, 0.05) is 13.0 Å². The molecule has 1 unspecified atom stereocenters. The zero-order chi connectivity index (χ0) is 22.6. The van der Waals surface area contributed by atoms with Crippen LogP contribution in [-0.2, 0) is 26.3 Å². The first kappa shape index (κ1) is 22.2. The Kier molecular flexibility index (Phi) is 6.70. The Morgan fingerprint density at radius 2 is 1.75 bits per heavy atom. The second kappa shape index (κ2) is 9.65. The summed E-state index contributed by atoms with van der Waals surface area (Å²) in [6.45, 7) is 2.77. The maximum absolute atomic E-state index is 13.0. The number of imide groups is 1. The maximum Gasteiger partial charge on any atom is 0.337 e. The fourth-order valence-electron chi connectivity index (χ4n) is 5.06. The standard InChI is InChI=1S/C26H30N2O4/c1-32-24(30)21-9-7-20(8-10-21)18-28-15-12-19(13-16-28)17-26(22-5-3-2-4-6-22)14-11-23(29)27-25(26)31/h2-10,19H,11-18H2,1H3,(H,27,29,31). The van der Waals surface area contributed by atoms with E-state index in [2.05, 4.69) is 10.2 Å². The smallest absolute Gasteiger partial charge is 0.337 e. The van der Waals surface area contributed by atoms with Crippen molar-refractivity contribution >= 4 is 17.8 Å². The molecule has 2 fully saturated rings. The highest BCUT2D eigenvalue weighted by atomic mass is 16.5. The summed E-state index contributed by atoms with van der Waals surface area (Å²) < 4.78 is 4.76. The van der Waals surface area contributed by atoms with Gasteiger partial charge in [0.15, 0.2) is 0 Å². The van der Waals surface area contributed by atoms with Crippen LogP contribution in [0.5, 0.6) is 0 Å². The maximum atomic E-state index is 13.0. The molecule has 1 atom stereocenters. The Bertz CT molecular complexity index is 965. The molecule has 168 valence electrons. The second-order valence-corrected chi connectivity index (χ2v) is 8.94. The summed E-state index contributed by atoms with van der Waals surface area (Å²) in [5, 5.41) is 2.60. The number of nitrogens with one attached hydrogen (secondary N) is 1. The number of benzene rings is 2. The molecule has 0 spiro atoms. The number of rotatable bonds is 6. The molecule has 0 aromatic heterocycles. The molecular weight excluding hydrogens is 404 g/mol. The molecule has 2 aliphatic heterocycles. The molecular formula is C26H30N2O4. The Morgan fingerprint density at radius 3 is 2.38 bits per heavy atom. The van der Waals surface area contributed by atoms with E-state index in [1.165, 1.54) is 12.7 Å². The number of likely N-dealkylation sites (tertiary alicyclic amines) is 1. The van der Waals surface area contributed by atoms with E-state index < -0.39 is 5.41 Å². The molecule has 2 heterocycles. The fraction of sp³-hybridized carbons (Fsp3) is 0.423. The van der Waals surface area contributed by atoms with Gasteiger partial charge in [-0.3, -0.25) is 19.8 Å². The number of amides is 2. The third kappa shape index (κ3) is 4.75. The lowest BCUT2D eigenvalue weighted by atomic mass is 9.67. The van der Waals surface area contributed by atoms with Crippen molar-refractivity contribution in [1.82, 2.24) is 10.2 Å². The van der Waals surface area contributed by atoms with Gasteiger partial charge < -0.3 is 4.74 Å². The minimum atomic E-state index is -0.619. The van der Waals surface area contributed by atoms with Crippen LogP contribution in [0.15, 0.2) is 54.6 Å². The topological polar surface area (TPSA) is 75.7 Å². The molecule has 2 aromatic carbocycles. The first-order chi connectivity index (χ1) is 15.5. The third-order valence-corrected chi connectivity index (χ3v) is 6.92. The SMILES string of the molecule is COC(=O)c1ccc(CN2CCC(CC3(c4ccccc4)CCC(=O)NC3=O)CC2)cc1. The van der Waals surface area contributed by atoms with Gasteiger partial charge in [0.1, 0.15) is 0 Å². The number of methoxy groups -OCH3 is 1. The molecule has 0 aliphatic carbocycles. The lowest BCUT2D eigenvalue weighted by Crippen LogP contribution is -2.52. The average molecular weight is 435 g/mol. The van der Waals surface area contributed by atoms with Crippen LogP contribution in [0.4, 0.5) is 0 Å². The molecule has 2 amide bonds. The first-order valence-electron chi connectivity index (χ1n) is 11.3. The molecule has 6 nitrogen and oxygen atoms in total. The Balaban J connectivity index is 1.38. The van der Waals surface area contributed by atoms with Gasteiger partial charge in [0.25, 0.3) is 0 Å². The summed E-state index contributed by atoms with van der Waals surface area (Å²) in [6.07, 6.45) is 3.79. The van der Waals surface area contributed by atoms with Gasteiger partial charge >= 0.3 is 5.97 Å². The number of nitrogens with zero attached hydrogens (tertiary/aromatic N) is 1. The molecule has 32 heavy (non-hydrogen) atoms. The van der Waals surface area contributed by atoms with Gasteiger partial charge in [-0.05, 0) is 68.0 Å². The third-order valence-electron chi connectivity index (χ3n) is 6.92. The van der Waals surface area contributed by atoms with Gasteiger partial charge in [0.2, 0.25) is 11.8 Å². The summed E-state index contributed by atoms with van der Waals surface area (Å²) in [7, 11) is 1.39. The van der Waals surface area contributed by atoms with Crippen LogP contribution in [0.25, 0.3) is 0 Å². The summed E-state index contributed by atoms with van der Waals surface area (Å²) in [5.74, 6) is -0.201. The molecule has 1 N–H and O–H groups in total. The molecule has 6 heteroatoms. The number of carbonyl (C=O) groups excluding carboxylic acids is 3. The Labute approximate surface area is 188 Å². The van der Waals surface area contributed by atoms with Crippen LogP contribution in [-0.4, -0.2) is 42.9 Å². The van der Waals surface area contributed by atoms with Crippen molar-refractivity contribution in [2.45, 2.75) is 44.1 Å². The minimum absolute atomic E-state index is 0.145. The van der Waals surface area contributed by atoms with Crippen molar-refractivity contribution in [3.05, 3.63) is 71.3 Å². The van der Waals surface area contributed by atoms with E-state index >= 15 is 0 Å². The quantitative estimate of drug-likeness (QED) is 0.557. The van der Waals surface area contributed by atoms with Gasteiger partial charge in [-0.1, -0.05) is 42.5 Å². The number of hydrogen-bond acceptors (Lipinski definition) is 5. The van der Waals surface area contributed by atoms with Crippen LogP contribution in [0.1, 0.15) is 53.6 Å². The Morgan fingerprint density at radius 1 is 1.06 bits per heavy atom. The predicted octanol–water partition coefficient (Wildman–Crippen LogP) is 3.45. The summed E-state index contributed by atoms with van der Waals surface area (Å²) >= 11 is 0. The monoisotopic (exact) mass is 434 g/mol. The van der Waals surface area contributed by atoms with Gasteiger partial charge in [-0.2, -0.15) is 0 Å². The van der Waals surface area contributed by atoms with Crippen LogP contribution >= 0.6 is 0 Å². The highest BCUT2D eigenvalue weighted by Gasteiger charge is 2.45. The van der Waals surface area contributed by atoms with E-state index in [4.69, 9.17) is 4.74 Å². The molecule has 2 aromatic rings. The molecule has 4 rings (SSSR count). The number of ether oxygens (including phenoxy) is 1. The number of piperidine rings is 2. The van der Waals surface area contributed by atoms with Crippen molar-refractivity contribution in [3.8, 4) is 0 Å². The molecule has 2 aliphatic rings. The van der Waals surface area contributed by atoms with Crippen LogP contribution in [0.3, 0.4) is 0 Å². The molecule has 0 radical (unpaired) electrons. The van der Waals surface area contributed by atoms with Gasteiger partial charge in [-0.15, -0.1) is 0 Å². The first-order valence-corrected chi connectivity index (χ1v) is 11.3. The van der Waals surface area contributed by atoms with E-state index in [-0.39, 0.29) is 17.8 Å². The van der Waals surface area contributed by atoms with Crippen LogP contribution < -0.4 is 5.32 Å². The number of esters is 1. The zero-order valence-electron chi connectivity index (χ0n) is 18.5. The number of hydrogen-bond donors (Lipinski definition) is 1. The van der Waals surface area contributed by atoms with Crippen molar-refractivity contribution in [2.24, 2.45) is 5.92 Å². The highest BCUT2D eigenvalue weighted by molar-refractivity contribution is 6.03. The normalized spacial score (nSPS) is 22.4. The van der Waals surface area contributed by atoms with E-state index in [1.54, 1.807) is 12.1 Å². The lowest BCUT2D eigenvalue weighted by molar-refractivity contribution is -0.138. The molecule has 0 bridgehead atoms. The predicted molar refractivity (Wildman–Crippen MR) is 121 cm³/mol. The lowest BCUT2D eigenvalue weighted by Gasteiger charge is -2.41. The van der Waals surface area contributed by atoms with Gasteiger partial charge in [0.05, 0.1) is 18.1 Å². The van der Waals surface area contributed by atoms with Crippen molar-refractivity contribution in [2.75, 3.05) is 20.2 Å². The minimum Gasteiger partial charge on any atom is -0.465 e. The fourth-order valence-corrected chi connectivity index (χ4v) is 5.06. The van der Waals surface area contributed by atoms with Crippen molar-refractivity contribution < 1.29 is 19.1 Å². The van der Waals surface area contributed by atoms with Gasteiger partial charge in [-0.25, -0.2) is 4.79 Å². The highest BCUT2D eigenvalue weighted by Crippen LogP contribution is 2.41. The number of carbonyl (C=O) groups is 3. The van der Waals surface area contributed by atoms with Crippen molar-refractivity contribution in [3.63, 3.8) is 0 Å². The molecule has 2 saturated heterocycles. The van der Waals surface area contributed by atoms with Crippen LogP contribution in [0.2, 0.25) is 0 Å². The summed E-state index contributed by atoms with van der Waals surface area (Å²) in [4.78, 5) is 38.9.